The lowest BCUT2D eigenvalue weighted by Gasteiger charge is -2.19. The van der Waals surface area contributed by atoms with E-state index in [4.69, 9.17) is 19.9 Å². The Balaban J connectivity index is 1.24. The maximum atomic E-state index is 14.3. The van der Waals surface area contributed by atoms with Crippen molar-refractivity contribution in [1.29, 1.82) is 0 Å². The van der Waals surface area contributed by atoms with E-state index in [1.54, 1.807) is 66.7 Å². The Labute approximate surface area is 398 Å². The van der Waals surface area contributed by atoms with E-state index >= 15 is 0 Å². The molecule has 0 bridgehead atoms. The molecule has 0 aliphatic rings. The first-order valence-corrected chi connectivity index (χ1v) is 21.6. The number of hydrogen-bond donors (Lipinski definition) is 0. The highest BCUT2D eigenvalue weighted by Crippen LogP contribution is 2.45. The zero-order valence-corrected chi connectivity index (χ0v) is 36.4. The molecule has 0 atom stereocenters. The average molecular weight is 989 g/mol. The van der Waals surface area contributed by atoms with Crippen molar-refractivity contribution in [3.8, 4) is 56.8 Å². The average Bonchev–Trinajstić information content (AvgIpc) is 3.87. The number of pyridine rings is 1. The van der Waals surface area contributed by atoms with Crippen LogP contribution in [0, 0.1) is 0 Å². The highest BCUT2D eigenvalue weighted by Gasteiger charge is 2.36. The van der Waals surface area contributed by atoms with Gasteiger partial charge in [0.2, 0.25) is 0 Å². The largest absolute Gasteiger partial charge is 0.416 e. The summed E-state index contributed by atoms with van der Waals surface area (Å²) in [5, 5.41) is -0.707. The minimum Gasteiger partial charge on any atom is -0.309 e. The Kier molecular flexibility index (Phi) is 10.5. The number of rotatable bonds is 6. The van der Waals surface area contributed by atoms with Gasteiger partial charge in [-0.2, -0.15) is 52.7 Å². The van der Waals surface area contributed by atoms with Gasteiger partial charge in [-0.3, -0.25) is 4.98 Å². The molecule has 0 saturated carbocycles. The SMILES string of the molecule is FC(F)(F)c1ccc2c(c1)c1cc(C(F)(F)F)ccc1n2-c1ccc(-c2nc(-c3ccccc3)nc(-c3ccccc3)n2)cc1-c1ncccc1-n1c2ccc(C(F)(F)F)cc2c2cc(C(F)(F)F)ccc21. The van der Waals surface area contributed by atoms with Crippen molar-refractivity contribution in [2.75, 3.05) is 0 Å². The second-order valence-corrected chi connectivity index (χ2v) is 16.7. The molecule has 0 saturated heterocycles. The molecule has 6 nitrogen and oxygen atoms in total. The predicted octanol–water partition coefficient (Wildman–Crippen LogP) is 16.2. The summed E-state index contributed by atoms with van der Waals surface area (Å²) in [6.45, 7) is 0. The van der Waals surface area contributed by atoms with Gasteiger partial charge < -0.3 is 9.13 Å². The predicted molar refractivity (Wildman–Crippen MR) is 248 cm³/mol. The topological polar surface area (TPSA) is 61.4 Å². The normalized spacial score (nSPS) is 12.7. The fraction of sp³-hybridized carbons (Fsp3) is 0.0741. The summed E-state index contributed by atoms with van der Waals surface area (Å²) < 4.78 is 174. The molecule has 0 spiro atoms. The number of fused-ring (bicyclic) bond motifs is 6. The van der Waals surface area contributed by atoms with Crippen molar-refractivity contribution in [2.24, 2.45) is 0 Å². The van der Waals surface area contributed by atoms with Gasteiger partial charge in [0, 0.05) is 50.0 Å². The van der Waals surface area contributed by atoms with Crippen molar-refractivity contribution in [1.82, 2.24) is 29.1 Å². The molecule has 0 amide bonds. The van der Waals surface area contributed by atoms with Crippen LogP contribution >= 0.6 is 0 Å². The summed E-state index contributed by atoms with van der Waals surface area (Å²) in [4.78, 5) is 19.2. The summed E-state index contributed by atoms with van der Waals surface area (Å²) >= 11 is 0. The Morgan fingerprint density at radius 1 is 0.319 bits per heavy atom. The van der Waals surface area contributed by atoms with Crippen LogP contribution in [-0.4, -0.2) is 29.1 Å². The molecule has 18 heteroatoms. The van der Waals surface area contributed by atoms with Gasteiger partial charge in [-0.05, 0) is 103 Å². The molecule has 0 radical (unpaired) electrons. The molecule has 4 aromatic heterocycles. The van der Waals surface area contributed by atoms with Crippen LogP contribution in [0.15, 0.2) is 170 Å². The van der Waals surface area contributed by atoms with Crippen LogP contribution in [0.25, 0.3) is 100 Å². The molecule has 7 aromatic carbocycles. The number of aromatic nitrogens is 6. The smallest absolute Gasteiger partial charge is 0.309 e. The lowest BCUT2D eigenvalue weighted by Crippen LogP contribution is -2.06. The molecule has 72 heavy (non-hydrogen) atoms. The molecular formula is C54H28F12N6. The molecule has 4 heterocycles. The van der Waals surface area contributed by atoms with Crippen molar-refractivity contribution in [3.05, 3.63) is 192 Å². The Hall–Kier alpha value is -8.54. The number of halogens is 12. The monoisotopic (exact) mass is 988 g/mol. The molecular weight excluding hydrogens is 961 g/mol. The summed E-state index contributed by atoms with van der Waals surface area (Å²) in [5.41, 5.74) is -2.25. The second kappa shape index (κ2) is 16.5. The molecule has 11 rings (SSSR count). The second-order valence-electron chi connectivity index (χ2n) is 16.7. The van der Waals surface area contributed by atoms with Crippen LogP contribution in [0.5, 0.6) is 0 Å². The van der Waals surface area contributed by atoms with Crippen molar-refractivity contribution < 1.29 is 52.7 Å². The van der Waals surface area contributed by atoms with Gasteiger partial charge >= 0.3 is 24.7 Å². The molecule has 0 aliphatic heterocycles. The molecule has 0 N–H and O–H groups in total. The molecule has 358 valence electrons. The molecule has 0 unspecified atom stereocenters. The van der Waals surface area contributed by atoms with Gasteiger partial charge in [0.1, 0.15) is 0 Å². The quantitative estimate of drug-likeness (QED) is 0.156. The lowest BCUT2D eigenvalue weighted by molar-refractivity contribution is -0.138. The van der Waals surface area contributed by atoms with E-state index in [2.05, 4.69) is 0 Å². The van der Waals surface area contributed by atoms with E-state index in [9.17, 15) is 52.7 Å². The zero-order valence-electron chi connectivity index (χ0n) is 36.4. The summed E-state index contributed by atoms with van der Waals surface area (Å²) in [6.07, 6.45) is -18.1. The van der Waals surface area contributed by atoms with Gasteiger partial charge in [0.15, 0.2) is 17.5 Å². The Morgan fingerprint density at radius 3 is 1.06 bits per heavy atom. The van der Waals surface area contributed by atoms with E-state index in [0.717, 1.165) is 72.8 Å². The van der Waals surface area contributed by atoms with Gasteiger partial charge in [0.05, 0.1) is 61.4 Å². The van der Waals surface area contributed by atoms with E-state index < -0.39 is 47.0 Å². The standard InChI is InChI=1S/C54H28F12N6/c55-51(56,57)32-14-19-41-36(25-32)37-26-33(52(58,59)60)15-20-42(37)71(41)45-18-13-31(50-69-48(29-8-3-1-4-9-29)68-49(70-50)30-10-5-2-6-11-30)24-40(45)47-46(12-7-23-67-47)72-43-21-16-34(53(61,62)63)27-38(43)39-28-35(54(64,65)66)17-22-44(39)72/h1-28H. The van der Waals surface area contributed by atoms with Crippen LogP contribution < -0.4 is 0 Å². The summed E-state index contributed by atoms with van der Waals surface area (Å²) in [5.74, 6) is 0.665. The first-order valence-electron chi connectivity index (χ1n) is 21.6. The Morgan fingerprint density at radius 2 is 0.681 bits per heavy atom. The van der Waals surface area contributed by atoms with Crippen molar-refractivity contribution >= 4 is 43.6 Å². The highest BCUT2D eigenvalue weighted by molar-refractivity contribution is 6.12. The molecule has 0 aliphatic carbocycles. The van der Waals surface area contributed by atoms with E-state index in [1.807, 2.05) is 12.1 Å². The highest BCUT2D eigenvalue weighted by atomic mass is 19.4. The lowest BCUT2D eigenvalue weighted by atomic mass is 10.0. The summed E-state index contributed by atoms with van der Waals surface area (Å²) in [7, 11) is 0. The van der Waals surface area contributed by atoms with E-state index in [0.29, 0.717) is 16.7 Å². The maximum absolute atomic E-state index is 14.3. The van der Waals surface area contributed by atoms with Crippen LogP contribution in [-0.2, 0) is 24.7 Å². The van der Waals surface area contributed by atoms with Crippen LogP contribution in [0.3, 0.4) is 0 Å². The van der Waals surface area contributed by atoms with Crippen LogP contribution in [0.4, 0.5) is 52.7 Å². The third kappa shape index (κ3) is 8.01. The number of nitrogens with zero attached hydrogens (tertiary/aromatic N) is 6. The van der Waals surface area contributed by atoms with Crippen LogP contribution in [0.1, 0.15) is 22.3 Å². The van der Waals surface area contributed by atoms with Crippen LogP contribution in [0.2, 0.25) is 0 Å². The van der Waals surface area contributed by atoms with Crippen molar-refractivity contribution in [2.45, 2.75) is 24.7 Å². The molecule has 0 fully saturated rings. The summed E-state index contributed by atoms with van der Waals surface area (Å²) in [6, 6.07) is 36.5. The third-order valence-corrected chi connectivity index (χ3v) is 12.3. The van der Waals surface area contributed by atoms with Gasteiger partial charge in [-0.25, -0.2) is 15.0 Å². The zero-order chi connectivity index (χ0) is 50.5. The minimum absolute atomic E-state index is 0.0439. The minimum atomic E-state index is -4.88. The maximum Gasteiger partial charge on any atom is 0.416 e. The first kappa shape index (κ1) is 45.9. The fourth-order valence-corrected chi connectivity index (χ4v) is 9.05. The van der Waals surface area contributed by atoms with Crippen molar-refractivity contribution in [3.63, 3.8) is 0 Å². The van der Waals surface area contributed by atoms with E-state index in [1.165, 1.54) is 27.5 Å². The number of hydrogen-bond acceptors (Lipinski definition) is 4. The van der Waals surface area contributed by atoms with Gasteiger partial charge in [-0.15, -0.1) is 0 Å². The van der Waals surface area contributed by atoms with E-state index in [-0.39, 0.29) is 83.7 Å². The Bertz CT molecular complexity index is 3730. The molecule has 11 aromatic rings. The fourth-order valence-electron chi connectivity index (χ4n) is 9.05. The number of benzene rings is 7. The van der Waals surface area contributed by atoms with Gasteiger partial charge in [0.25, 0.3) is 0 Å². The first-order chi connectivity index (χ1) is 34.2. The van der Waals surface area contributed by atoms with Gasteiger partial charge in [-0.1, -0.05) is 60.7 Å². The third-order valence-electron chi connectivity index (χ3n) is 12.3. The number of alkyl halides is 12.